The van der Waals surface area contributed by atoms with Gasteiger partial charge in [0, 0.05) is 9.86 Å². The van der Waals surface area contributed by atoms with E-state index >= 15 is 0 Å². The average Bonchev–Trinajstić information content (AvgIpc) is 2.91. The first-order valence-corrected chi connectivity index (χ1v) is 8.03. The average molecular weight is 365 g/mol. The molecule has 0 fully saturated rings. The summed E-state index contributed by atoms with van der Waals surface area (Å²) in [6.07, 6.45) is 0. The molecule has 0 aliphatic rings. The van der Waals surface area contributed by atoms with Crippen LogP contribution in [0.15, 0.2) is 57.4 Å². The Bertz CT molecular complexity index is 735. The molecule has 108 valence electrons. The fourth-order valence-corrected chi connectivity index (χ4v) is 2.94. The summed E-state index contributed by atoms with van der Waals surface area (Å²) < 4.78 is 6.89. The van der Waals surface area contributed by atoms with Gasteiger partial charge in [0.1, 0.15) is 11.3 Å². The third-order valence-electron chi connectivity index (χ3n) is 3.41. The summed E-state index contributed by atoms with van der Waals surface area (Å²) in [6, 6.07) is 16.1. The van der Waals surface area contributed by atoms with Gasteiger partial charge in [0.15, 0.2) is 0 Å². The minimum absolute atomic E-state index is 0.0102. The highest BCUT2D eigenvalue weighted by Crippen LogP contribution is 2.31. The SMILES string of the molecule is CCNC(c1ccc(Cl)c(Br)c1)c1cc2ccccc2o1. The lowest BCUT2D eigenvalue weighted by molar-refractivity contribution is 0.477. The van der Waals surface area contributed by atoms with Crippen LogP contribution in [0.1, 0.15) is 24.3 Å². The van der Waals surface area contributed by atoms with Gasteiger partial charge in [-0.05, 0) is 52.3 Å². The van der Waals surface area contributed by atoms with Gasteiger partial charge in [0.05, 0.1) is 11.1 Å². The molecular weight excluding hydrogens is 350 g/mol. The third-order valence-corrected chi connectivity index (χ3v) is 4.63. The predicted molar refractivity (Wildman–Crippen MR) is 90.9 cm³/mol. The molecule has 3 rings (SSSR count). The number of nitrogens with one attached hydrogen (secondary N) is 1. The maximum absolute atomic E-state index is 6.08. The summed E-state index contributed by atoms with van der Waals surface area (Å²) in [6.45, 7) is 2.93. The van der Waals surface area contributed by atoms with Crippen molar-refractivity contribution < 1.29 is 4.42 Å². The molecule has 1 atom stereocenters. The van der Waals surface area contributed by atoms with Gasteiger partial charge in [-0.15, -0.1) is 0 Å². The van der Waals surface area contributed by atoms with E-state index in [0.717, 1.165) is 33.3 Å². The van der Waals surface area contributed by atoms with Gasteiger partial charge in [-0.3, -0.25) is 0 Å². The van der Waals surface area contributed by atoms with E-state index in [-0.39, 0.29) is 6.04 Å². The van der Waals surface area contributed by atoms with Crippen LogP contribution in [0, 0.1) is 0 Å². The molecule has 3 aromatic rings. The Balaban J connectivity index is 2.05. The van der Waals surface area contributed by atoms with Crippen LogP contribution in [0.4, 0.5) is 0 Å². The molecule has 0 aliphatic carbocycles. The van der Waals surface area contributed by atoms with Crippen molar-refractivity contribution in [2.75, 3.05) is 6.54 Å². The van der Waals surface area contributed by atoms with Crippen molar-refractivity contribution in [3.05, 3.63) is 69.3 Å². The number of furan rings is 1. The second-order valence-corrected chi connectivity index (χ2v) is 6.11. The summed E-state index contributed by atoms with van der Waals surface area (Å²) >= 11 is 9.56. The van der Waals surface area contributed by atoms with Crippen molar-refractivity contribution in [3.63, 3.8) is 0 Å². The summed E-state index contributed by atoms with van der Waals surface area (Å²) in [4.78, 5) is 0. The number of hydrogen-bond donors (Lipinski definition) is 1. The quantitative estimate of drug-likeness (QED) is 0.657. The van der Waals surface area contributed by atoms with Crippen LogP contribution < -0.4 is 5.32 Å². The molecule has 21 heavy (non-hydrogen) atoms. The van der Waals surface area contributed by atoms with Gasteiger partial charge in [-0.2, -0.15) is 0 Å². The summed E-state index contributed by atoms with van der Waals surface area (Å²) in [5.74, 6) is 0.910. The monoisotopic (exact) mass is 363 g/mol. The zero-order valence-corrected chi connectivity index (χ0v) is 13.9. The summed E-state index contributed by atoms with van der Waals surface area (Å²) in [5.41, 5.74) is 2.02. The Labute approximate surface area is 137 Å². The van der Waals surface area contributed by atoms with Crippen molar-refractivity contribution in [2.24, 2.45) is 0 Å². The van der Waals surface area contributed by atoms with E-state index in [1.807, 2.05) is 36.4 Å². The topological polar surface area (TPSA) is 25.2 Å². The molecular formula is C17H15BrClNO. The first-order valence-electron chi connectivity index (χ1n) is 6.86. The van der Waals surface area contributed by atoms with Gasteiger partial charge >= 0.3 is 0 Å². The maximum atomic E-state index is 6.08. The van der Waals surface area contributed by atoms with Crippen LogP contribution in [0.5, 0.6) is 0 Å². The van der Waals surface area contributed by atoms with Crippen molar-refractivity contribution in [1.82, 2.24) is 5.32 Å². The highest BCUT2D eigenvalue weighted by molar-refractivity contribution is 9.10. The van der Waals surface area contributed by atoms with Gasteiger partial charge in [-0.1, -0.05) is 42.8 Å². The predicted octanol–water partition coefficient (Wildman–Crippen LogP) is 5.55. The number of rotatable bonds is 4. The molecule has 2 nitrogen and oxygen atoms in total. The standard InChI is InChI=1S/C17H15BrClNO/c1-2-20-17(12-7-8-14(19)13(18)9-12)16-10-11-5-3-4-6-15(11)21-16/h3-10,17,20H,2H2,1H3. The molecule has 0 bridgehead atoms. The molecule has 0 amide bonds. The van der Waals surface area contributed by atoms with Gasteiger partial charge < -0.3 is 9.73 Å². The Morgan fingerprint density at radius 1 is 1.19 bits per heavy atom. The van der Waals surface area contributed by atoms with E-state index in [2.05, 4.69) is 40.3 Å². The molecule has 0 radical (unpaired) electrons. The molecule has 1 heterocycles. The lowest BCUT2D eigenvalue weighted by Gasteiger charge is -2.16. The molecule has 4 heteroatoms. The number of para-hydroxylation sites is 1. The first-order chi connectivity index (χ1) is 10.2. The van der Waals surface area contributed by atoms with E-state index in [1.165, 1.54) is 0 Å². The number of halogens is 2. The lowest BCUT2D eigenvalue weighted by Crippen LogP contribution is -2.21. The smallest absolute Gasteiger partial charge is 0.134 e. The fourth-order valence-electron chi connectivity index (χ4n) is 2.42. The van der Waals surface area contributed by atoms with E-state index in [0.29, 0.717) is 5.02 Å². The maximum Gasteiger partial charge on any atom is 0.134 e. The molecule has 0 aliphatic heterocycles. The molecule has 1 unspecified atom stereocenters. The number of benzene rings is 2. The van der Waals surface area contributed by atoms with Crippen molar-refractivity contribution >= 4 is 38.5 Å². The van der Waals surface area contributed by atoms with E-state index in [1.54, 1.807) is 0 Å². The van der Waals surface area contributed by atoms with Gasteiger partial charge in [0.25, 0.3) is 0 Å². The van der Waals surface area contributed by atoms with E-state index in [4.69, 9.17) is 16.0 Å². The largest absolute Gasteiger partial charge is 0.459 e. The van der Waals surface area contributed by atoms with Gasteiger partial charge in [-0.25, -0.2) is 0 Å². The molecule has 1 aromatic heterocycles. The first kappa shape index (κ1) is 14.6. The zero-order chi connectivity index (χ0) is 14.8. The van der Waals surface area contributed by atoms with Gasteiger partial charge in [0.2, 0.25) is 0 Å². The Hall–Kier alpha value is -1.29. The lowest BCUT2D eigenvalue weighted by atomic mass is 10.0. The molecule has 0 saturated carbocycles. The van der Waals surface area contributed by atoms with Crippen LogP contribution in [-0.2, 0) is 0 Å². The van der Waals surface area contributed by atoms with Crippen molar-refractivity contribution in [1.29, 1.82) is 0 Å². The second-order valence-electron chi connectivity index (χ2n) is 4.85. The molecule has 0 spiro atoms. The third kappa shape index (κ3) is 3.00. The number of hydrogen-bond acceptors (Lipinski definition) is 2. The Morgan fingerprint density at radius 3 is 2.71 bits per heavy atom. The zero-order valence-electron chi connectivity index (χ0n) is 11.6. The van der Waals surface area contributed by atoms with Crippen molar-refractivity contribution in [3.8, 4) is 0 Å². The second kappa shape index (κ2) is 6.22. The minimum Gasteiger partial charge on any atom is -0.459 e. The van der Waals surface area contributed by atoms with Crippen LogP contribution in [0.2, 0.25) is 5.02 Å². The normalized spacial score (nSPS) is 12.7. The number of fused-ring (bicyclic) bond motifs is 1. The Kier molecular flexibility index (Phi) is 4.34. The molecule has 0 saturated heterocycles. The highest BCUT2D eigenvalue weighted by Gasteiger charge is 2.18. The highest BCUT2D eigenvalue weighted by atomic mass is 79.9. The van der Waals surface area contributed by atoms with Crippen LogP contribution >= 0.6 is 27.5 Å². The Morgan fingerprint density at radius 2 is 2.00 bits per heavy atom. The van der Waals surface area contributed by atoms with Crippen LogP contribution in [-0.4, -0.2) is 6.54 Å². The summed E-state index contributed by atoms with van der Waals surface area (Å²) in [5, 5.41) is 5.29. The van der Waals surface area contributed by atoms with Crippen LogP contribution in [0.25, 0.3) is 11.0 Å². The molecule has 1 N–H and O–H groups in total. The fraction of sp³-hybridized carbons (Fsp3) is 0.176. The van der Waals surface area contributed by atoms with E-state index < -0.39 is 0 Å². The van der Waals surface area contributed by atoms with Crippen LogP contribution in [0.3, 0.4) is 0 Å². The summed E-state index contributed by atoms with van der Waals surface area (Å²) in [7, 11) is 0. The molecule has 2 aromatic carbocycles. The van der Waals surface area contributed by atoms with Crippen molar-refractivity contribution in [2.45, 2.75) is 13.0 Å². The minimum atomic E-state index is 0.0102. The van der Waals surface area contributed by atoms with E-state index in [9.17, 15) is 0 Å².